The Morgan fingerprint density at radius 1 is 0.417 bits per heavy atom. The summed E-state index contributed by atoms with van der Waals surface area (Å²) >= 11 is 0. The van der Waals surface area contributed by atoms with Gasteiger partial charge in [0.2, 0.25) is 11.8 Å². The van der Waals surface area contributed by atoms with E-state index in [1.54, 1.807) is 0 Å². The van der Waals surface area contributed by atoms with Crippen molar-refractivity contribution in [1.29, 1.82) is 0 Å². The minimum absolute atomic E-state index is 0.106. The van der Waals surface area contributed by atoms with Crippen molar-refractivity contribution in [3.63, 3.8) is 0 Å². The molecule has 10 unspecified atom stereocenters. The van der Waals surface area contributed by atoms with Gasteiger partial charge in [-0.25, -0.2) is 4.57 Å². The van der Waals surface area contributed by atoms with Crippen molar-refractivity contribution < 1.29 is 101 Å². The Kier molecular flexibility index (Phi) is 51.2. The number of hydrogen-bond acceptors (Lipinski definition) is 19. The number of unbranched alkanes of at least 4 members (excludes halogenated alkanes) is 30. The highest BCUT2D eigenvalue weighted by atomic mass is 31.2. The lowest BCUT2D eigenvalue weighted by molar-refractivity contribution is -0.297. The minimum atomic E-state index is -5.55. The van der Waals surface area contributed by atoms with Crippen LogP contribution in [0.3, 0.4) is 0 Å². The Balaban J connectivity index is 2.55. The van der Waals surface area contributed by atoms with Gasteiger partial charge in [-0.3, -0.25) is 33.3 Å². The van der Waals surface area contributed by atoms with Crippen molar-refractivity contribution in [2.75, 3.05) is 13.2 Å². The standard InChI is InChI=1S/C72H133N2O21P/c1-7-13-19-22-25-28-31-34-40-43-54(89-61(78)46-37-16-10-4)49-59(76)73-65-68(83)67(82)58(92-71(65)84)53-88-72-66(74-60(77)50-55(90-62(79)47-38-17-11-5)44-41-35-32-29-26-23-20-14-8-2)70(69(57(52-75)93-72)95-96(85,86)87)94-64(81)51-56(91-63(80)48-39-18-12-6)45-42-36-33-30-27-24-21-15-9-3/h54-58,65-72,75,82-84H,7-53H2,1-6H3,(H,73,76)(H,74,77)(H2,85,86,87)/t54-,55-,56-,57?,58?,65?,66?,67?,68?,69?,70?,71?,72?/m1/s1. The summed E-state index contributed by atoms with van der Waals surface area (Å²) in [7, 11) is -5.55. The summed E-state index contributed by atoms with van der Waals surface area (Å²) < 4.78 is 60.0. The number of carbonyl (C=O) groups is 6. The van der Waals surface area contributed by atoms with Gasteiger partial charge < -0.3 is 74.0 Å². The Bertz CT molecular complexity index is 2090. The largest absolute Gasteiger partial charge is 0.470 e. The van der Waals surface area contributed by atoms with Crippen LogP contribution in [0.5, 0.6) is 0 Å². The zero-order valence-electron chi connectivity index (χ0n) is 60.0. The molecule has 2 aliphatic heterocycles. The summed E-state index contributed by atoms with van der Waals surface area (Å²) in [4.78, 5) is 103. The maximum absolute atomic E-state index is 14.6. The van der Waals surface area contributed by atoms with Crippen LogP contribution < -0.4 is 10.6 Å². The Morgan fingerprint density at radius 3 is 1.12 bits per heavy atom. The van der Waals surface area contributed by atoms with E-state index in [1.165, 1.54) is 51.4 Å². The number of hydrogen-bond donors (Lipinski definition) is 8. The Hall–Kier alpha value is -3.35. The normalized spacial score (nSPS) is 22.2. The molecular weight excluding hydrogens is 1260 g/mol. The van der Waals surface area contributed by atoms with Crippen LogP contribution >= 0.6 is 7.82 Å². The molecule has 0 aromatic heterocycles. The second kappa shape index (κ2) is 55.3. The predicted octanol–water partition coefficient (Wildman–Crippen LogP) is 12.9. The van der Waals surface area contributed by atoms with Crippen LogP contribution in [0.4, 0.5) is 0 Å². The van der Waals surface area contributed by atoms with Crippen LogP contribution in [0.1, 0.15) is 330 Å². The highest BCUT2D eigenvalue weighted by molar-refractivity contribution is 7.46. The lowest BCUT2D eigenvalue weighted by atomic mass is 9.95. The zero-order chi connectivity index (χ0) is 70.8. The molecule has 2 amide bonds. The molecule has 96 heavy (non-hydrogen) atoms. The number of esters is 4. The molecule has 0 saturated carbocycles. The van der Waals surface area contributed by atoms with Crippen molar-refractivity contribution in [3.05, 3.63) is 0 Å². The number of aliphatic hydroxyl groups excluding tert-OH is 4. The van der Waals surface area contributed by atoms with Gasteiger partial charge >= 0.3 is 31.7 Å². The van der Waals surface area contributed by atoms with E-state index in [-0.39, 0.29) is 32.1 Å². The third kappa shape index (κ3) is 41.4. The fourth-order valence-corrected chi connectivity index (χ4v) is 13.0. The molecule has 562 valence electrons. The molecular formula is C72H133N2O21P. The zero-order valence-corrected chi connectivity index (χ0v) is 60.9. The second-order valence-electron chi connectivity index (χ2n) is 27.0. The van der Waals surface area contributed by atoms with Gasteiger partial charge in [-0.15, -0.1) is 0 Å². The molecule has 0 spiro atoms. The Labute approximate surface area is 576 Å². The first-order valence-corrected chi connectivity index (χ1v) is 39.4. The first kappa shape index (κ1) is 88.7. The first-order chi connectivity index (χ1) is 46.2. The Morgan fingerprint density at radius 2 is 0.760 bits per heavy atom. The molecule has 0 bridgehead atoms. The average Bonchev–Trinajstić information content (AvgIpc) is 0.787. The first-order valence-electron chi connectivity index (χ1n) is 37.9. The SMILES string of the molecule is CCCCCCCCCCC[C@H](CC(=O)NC1C(O)OC(COC2OC(CO)C(OP(=O)(O)O)C(OC(=O)C[C@@H](CCCCCCCCCCC)OC(=O)CCCCC)C2NC(=O)C[C@@H](CCCCCCCCCCC)OC(=O)CCCCC)C(O)C1O)OC(=O)CCCCC. The summed E-state index contributed by atoms with van der Waals surface area (Å²) in [5.74, 6) is -3.98. The van der Waals surface area contributed by atoms with Gasteiger partial charge in [0.1, 0.15) is 60.9 Å². The van der Waals surface area contributed by atoms with E-state index in [0.29, 0.717) is 51.4 Å². The number of aliphatic hydroxyl groups is 4. The highest BCUT2D eigenvalue weighted by Crippen LogP contribution is 2.43. The van der Waals surface area contributed by atoms with Gasteiger partial charge in [-0.2, -0.15) is 0 Å². The topological polar surface area (TPSA) is 339 Å². The number of amides is 2. The minimum Gasteiger partial charge on any atom is -0.462 e. The number of carbonyl (C=O) groups excluding carboxylic acids is 6. The van der Waals surface area contributed by atoms with Crippen molar-refractivity contribution in [3.8, 4) is 0 Å². The highest BCUT2D eigenvalue weighted by Gasteiger charge is 2.53. The average molecular weight is 1390 g/mol. The molecule has 2 saturated heterocycles. The van der Waals surface area contributed by atoms with Crippen molar-refractivity contribution >= 4 is 43.5 Å². The van der Waals surface area contributed by atoms with E-state index in [1.807, 2.05) is 20.8 Å². The van der Waals surface area contributed by atoms with Crippen LogP contribution in [0.15, 0.2) is 0 Å². The van der Waals surface area contributed by atoms with Gasteiger partial charge in [0.25, 0.3) is 0 Å². The molecule has 0 radical (unpaired) electrons. The van der Waals surface area contributed by atoms with E-state index in [4.69, 9.17) is 37.7 Å². The van der Waals surface area contributed by atoms with Gasteiger partial charge in [-0.1, -0.05) is 234 Å². The monoisotopic (exact) mass is 1390 g/mol. The molecule has 2 aliphatic rings. The smallest absolute Gasteiger partial charge is 0.462 e. The van der Waals surface area contributed by atoms with Gasteiger partial charge in [0.05, 0.1) is 32.5 Å². The van der Waals surface area contributed by atoms with Crippen molar-refractivity contribution in [2.24, 2.45) is 0 Å². The van der Waals surface area contributed by atoms with Crippen molar-refractivity contribution in [2.45, 2.75) is 410 Å². The number of rotatable bonds is 60. The van der Waals surface area contributed by atoms with Gasteiger partial charge in [0, 0.05) is 19.3 Å². The van der Waals surface area contributed by atoms with Crippen molar-refractivity contribution in [1.82, 2.24) is 10.6 Å². The summed E-state index contributed by atoms with van der Waals surface area (Å²) in [6.45, 7) is 10.7. The molecule has 23 nitrogen and oxygen atoms in total. The van der Waals surface area contributed by atoms with Crippen LogP contribution in [-0.2, 0) is 71.0 Å². The number of phosphoric acid groups is 1. The molecule has 13 atom stereocenters. The summed E-state index contributed by atoms with van der Waals surface area (Å²) in [5, 5.41) is 50.7. The van der Waals surface area contributed by atoms with E-state index in [2.05, 4.69) is 31.4 Å². The third-order valence-electron chi connectivity index (χ3n) is 18.1. The molecule has 24 heteroatoms. The van der Waals surface area contributed by atoms with E-state index < -0.39 is 149 Å². The fraction of sp³-hybridized carbons (Fsp3) is 0.917. The molecule has 2 fully saturated rings. The maximum atomic E-state index is 14.6. The van der Waals surface area contributed by atoms with Gasteiger partial charge in [0.15, 0.2) is 18.7 Å². The van der Waals surface area contributed by atoms with E-state index >= 15 is 0 Å². The maximum Gasteiger partial charge on any atom is 0.470 e. The lowest BCUT2D eigenvalue weighted by Gasteiger charge is -2.46. The molecule has 2 heterocycles. The van der Waals surface area contributed by atoms with E-state index in [9.17, 15) is 63.5 Å². The summed E-state index contributed by atoms with van der Waals surface area (Å²) in [6.07, 6.45) is 17.1. The molecule has 0 aromatic rings. The number of ether oxygens (including phenoxy) is 7. The van der Waals surface area contributed by atoms with Crippen LogP contribution in [0, 0.1) is 0 Å². The van der Waals surface area contributed by atoms with Gasteiger partial charge in [-0.05, 0) is 57.8 Å². The number of nitrogens with one attached hydrogen (secondary N) is 2. The van der Waals surface area contributed by atoms with Crippen LogP contribution in [-0.4, -0.2) is 159 Å². The van der Waals surface area contributed by atoms with Crippen LogP contribution in [0.2, 0.25) is 0 Å². The molecule has 0 aromatic carbocycles. The predicted molar refractivity (Wildman–Crippen MR) is 367 cm³/mol. The number of phosphoric ester groups is 1. The third-order valence-corrected chi connectivity index (χ3v) is 18.6. The summed E-state index contributed by atoms with van der Waals surface area (Å²) in [5.41, 5.74) is 0. The molecule has 8 N–H and O–H groups in total. The molecule has 2 rings (SSSR count). The summed E-state index contributed by atoms with van der Waals surface area (Å²) in [6, 6.07) is -3.36. The van der Waals surface area contributed by atoms with Crippen LogP contribution in [0.25, 0.3) is 0 Å². The fourth-order valence-electron chi connectivity index (χ4n) is 12.4. The lowest BCUT2D eigenvalue weighted by Crippen LogP contribution is -2.67. The quantitative estimate of drug-likeness (QED) is 0.0121. The van der Waals surface area contributed by atoms with E-state index in [0.717, 1.165) is 141 Å². The molecule has 0 aliphatic carbocycles. The second-order valence-corrected chi connectivity index (χ2v) is 28.2.